The maximum Gasteiger partial charge on any atom is 0.0897 e. The molecule has 4 heteroatoms. The van der Waals surface area contributed by atoms with E-state index in [4.69, 9.17) is 9.47 Å². The SMILES string of the molecule is CCCCCCCCNCC(O)COC(C)COC. The molecule has 0 aliphatic heterocycles. The fourth-order valence-electron chi connectivity index (χ4n) is 1.92. The smallest absolute Gasteiger partial charge is 0.0897 e. The number of rotatable bonds is 14. The van der Waals surface area contributed by atoms with Crippen LogP contribution >= 0.6 is 0 Å². The molecule has 0 aromatic rings. The van der Waals surface area contributed by atoms with Crippen LogP contribution in [0.1, 0.15) is 52.4 Å². The lowest BCUT2D eigenvalue weighted by atomic mass is 10.1. The quantitative estimate of drug-likeness (QED) is 0.478. The molecule has 0 spiro atoms. The van der Waals surface area contributed by atoms with Crippen molar-refractivity contribution in [1.82, 2.24) is 5.32 Å². The first-order chi connectivity index (χ1) is 9.20. The van der Waals surface area contributed by atoms with Gasteiger partial charge in [0, 0.05) is 13.7 Å². The van der Waals surface area contributed by atoms with Crippen LogP contribution < -0.4 is 5.32 Å². The molecule has 19 heavy (non-hydrogen) atoms. The van der Waals surface area contributed by atoms with E-state index in [-0.39, 0.29) is 6.10 Å². The van der Waals surface area contributed by atoms with E-state index in [2.05, 4.69) is 12.2 Å². The van der Waals surface area contributed by atoms with Gasteiger partial charge >= 0.3 is 0 Å². The van der Waals surface area contributed by atoms with Crippen molar-refractivity contribution in [3.63, 3.8) is 0 Å². The Balaban J connectivity index is 3.22. The Bertz CT molecular complexity index is 179. The molecule has 0 heterocycles. The van der Waals surface area contributed by atoms with E-state index < -0.39 is 6.10 Å². The molecule has 2 N–H and O–H groups in total. The highest BCUT2D eigenvalue weighted by molar-refractivity contribution is 4.60. The maximum absolute atomic E-state index is 9.71. The van der Waals surface area contributed by atoms with E-state index >= 15 is 0 Å². The number of hydrogen-bond donors (Lipinski definition) is 2. The van der Waals surface area contributed by atoms with Crippen LogP contribution in [0.4, 0.5) is 0 Å². The number of hydrogen-bond acceptors (Lipinski definition) is 4. The average molecular weight is 275 g/mol. The monoisotopic (exact) mass is 275 g/mol. The minimum absolute atomic E-state index is 0.0400. The van der Waals surface area contributed by atoms with Gasteiger partial charge < -0.3 is 19.9 Å². The molecule has 0 fully saturated rings. The molecule has 116 valence electrons. The number of aliphatic hydroxyl groups excluding tert-OH is 1. The standard InChI is InChI=1S/C15H33NO3/c1-4-5-6-7-8-9-10-16-11-15(17)13-19-14(2)12-18-3/h14-17H,4-13H2,1-3H3. The topological polar surface area (TPSA) is 50.7 Å². The van der Waals surface area contributed by atoms with Crippen molar-refractivity contribution in [2.24, 2.45) is 0 Å². The van der Waals surface area contributed by atoms with Gasteiger partial charge in [-0.05, 0) is 19.9 Å². The molecule has 0 radical (unpaired) electrons. The summed E-state index contributed by atoms with van der Waals surface area (Å²) in [7, 11) is 1.65. The fourth-order valence-corrected chi connectivity index (χ4v) is 1.92. The Kier molecular flexibility index (Phi) is 14.1. The van der Waals surface area contributed by atoms with Crippen molar-refractivity contribution in [2.75, 3.05) is 33.4 Å². The predicted molar refractivity (Wildman–Crippen MR) is 79.5 cm³/mol. The molecule has 0 bridgehead atoms. The van der Waals surface area contributed by atoms with Crippen LogP contribution in [0.2, 0.25) is 0 Å². The second-order valence-electron chi connectivity index (χ2n) is 5.23. The minimum Gasteiger partial charge on any atom is -0.389 e. The summed E-state index contributed by atoms with van der Waals surface area (Å²) in [4.78, 5) is 0. The van der Waals surface area contributed by atoms with E-state index in [0.717, 1.165) is 6.54 Å². The molecule has 4 nitrogen and oxygen atoms in total. The molecule has 0 saturated carbocycles. The van der Waals surface area contributed by atoms with Crippen LogP contribution in [0.3, 0.4) is 0 Å². The van der Waals surface area contributed by atoms with Crippen molar-refractivity contribution < 1.29 is 14.6 Å². The van der Waals surface area contributed by atoms with Crippen molar-refractivity contribution >= 4 is 0 Å². The highest BCUT2D eigenvalue weighted by atomic mass is 16.5. The van der Waals surface area contributed by atoms with Gasteiger partial charge in [0.25, 0.3) is 0 Å². The average Bonchev–Trinajstić information content (AvgIpc) is 2.40. The Hall–Kier alpha value is -0.160. The van der Waals surface area contributed by atoms with Gasteiger partial charge in [-0.25, -0.2) is 0 Å². The van der Waals surface area contributed by atoms with E-state index in [1.807, 2.05) is 6.92 Å². The zero-order valence-electron chi connectivity index (χ0n) is 13.0. The molecule has 0 saturated heterocycles. The summed E-state index contributed by atoms with van der Waals surface area (Å²) in [6.45, 7) is 6.70. The van der Waals surface area contributed by atoms with Gasteiger partial charge in [0.2, 0.25) is 0 Å². The summed E-state index contributed by atoms with van der Waals surface area (Å²) in [6, 6.07) is 0. The highest BCUT2D eigenvalue weighted by Crippen LogP contribution is 2.04. The first kappa shape index (κ1) is 18.8. The van der Waals surface area contributed by atoms with Gasteiger partial charge in [0.15, 0.2) is 0 Å². The number of unbranched alkanes of at least 4 members (excludes halogenated alkanes) is 5. The lowest BCUT2D eigenvalue weighted by molar-refractivity contribution is -0.0310. The van der Waals surface area contributed by atoms with Crippen molar-refractivity contribution in [2.45, 2.75) is 64.6 Å². The second kappa shape index (κ2) is 14.3. The van der Waals surface area contributed by atoms with Gasteiger partial charge in [-0.1, -0.05) is 39.0 Å². The third kappa shape index (κ3) is 14.1. The highest BCUT2D eigenvalue weighted by Gasteiger charge is 2.07. The van der Waals surface area contributed by atoms with Crippen molar-refractivity contribution in [3.8, 4) is 0 Å². The first-order valence-corrected chi connectivity index (χ1v) is 7.70. The lowest BCUT2D eigenvalue weighted by Gasteiger charge is -2.16. The lowest BCUT2D eigenvalue weighted by Crippen LogP contribution is -2.32. The molecule has 0 rings (SSSR count). The Morgan fingerprint density at radius 3 is 2.42 bits per heavy atom. The van der Waals surface area contributed by atoms with Gasteiger partial charge in [-0.3, -0.25) is 0 Å². The summed E-state index contributed by atoms with van der Waals surface area (Å²) in [5.41, 5.74) is 0. The van der Waals surface area contributed by atoms with E-state index in [0.29, 0.717) is 19.8 Å². The normalized spacial score (nSPS) is 14.5. The third-order valence-electron chi connectivity index (χ3n) is 3.06. The molecular formula is C15H33NO3. The fraction of sp³-hybridized carbons (Fsp3) is 1.00. The Labute approximate surface area is 118 Å². The summed E-state index contributed by atoms with van der Waals surface area (Å²) in [6.07, 6.45) is 7.41. The Morgan fingerprint density at radius 1 is 1.05 bits per heavy atom. The molecule has 2 unspecified atom stereocenters. The van der Waals surface area contributed by atoms with E-state index in [9.17, 15) is 5.11 Å². The maximum atomic E-state index is 9.71. The van der Waals surface area contributed by atoms with Gasteiger partial charge in [0.05, 0.1) is 25.4 Å². The molecule has 0 aliphatic carbocycles. The van der Waals surface area contributed by atoms with Crippen LogP contribution in [-0.2, 0) is 9.47 Å². The molecule has 2 atom stereocenters. The first-order valence-electron chi connectivity index (χ1n) is 7.70. The summed E-state index contributed by atoms with van der Waals surface area (Å²) in [5, 5.41) is 13.0. The summed E-state index contributed by atoms with van der Waals surface area (Å²) in [5.74, 6) is 0. The molecular weight excluding hydrogens is 242 g/mol. The molecule has 0 aliphatic rings. The molecule has 0 amide bonds. The third-order valence-corrected chi connectivity index (χ3v) is 3.06. The van der Waals surface area contributed by atoms with Crippen molar-refractivity contribution in [3.05, 3.63) is 0 Å². The number of aliphatic hydroxyl groups is 1. The van der Waals surface area contributed by atoms with Crippen LogP contribution in [0.15, 0.2) is 0 Å². The Morgan fingerprint density at radius 2 is 1.74 bits per heavy atom. The number of ether oxygens (including phenoxy) is 2. The summed E-state index contributed by atoms with van der Waals surface area (Å²) >= 11 is 0. The molecule has 0 aromatic heterocycles. The minimum atomic E-state index is -0.431. The van der Waals surface area contributed by atoms with E-state index in [1.165, 1.54) is 38.5 Å². The number of nitrogens with one attached hydrogen (secondary N) is 1. The van der Waals surface area contributed by atoms with Gasteiger partial charge in [-0.2, -0.15) is 0 Å². The van der Waals surface area contributed by atoms with E-state index in [1.54, 1.807) is 7.11 Å². The van der Waals surface area contributed by atoms with Crippen LogP contribution in [0.5, 0.6) is 0 Å². The van der Waals surface area contributed by atoms with Gasteiger partial charge in [0.1, 0.15) is 0 Å². The van der Waals surface area contributed by atoms with Crippen LogP contribution in [-0.4, -0.2) is 50.7 Å². The summed E-state index contributed by atoms with van der Waals surface area (Å²) < 4.78 is 10.4. The van der Waals surface area contributed by atoms with Crippen LogP contribution in [0.25, 0.3) is 0 Å². The number of methoxy groups -OCH3 is 1. The van der Waals surface area contributed by atoms with Crippen molar-refractivity contribution in [1.29, 1.82) is 0 Å². The largest absolute Gasteiger partial charge is 0.389 e. The van der Waals surface area contributed by atoms with Gasteiger partial charge in [-0.15, -0.1) is 0 Å². The second-order valence-corrected chi connectivity index (χ2v) is 5.23. The predicted octanol–water partition coefficient (Wildman–Crippen LogP) is 2.35. The zero-order chi connectivity index (χ0) is 14.3. The molecule has 0 aromatic carbocycles. The van der Waals surface area contributed by atoms with Crippen LogP contribution in [0, 0.1) is 0 Å². The zero-order valence-corrected chi connectivity index (χ0v) is 13.0.